The summed E-state index contributed by atoms with van der Waals surface area (Å²) in [4.78, 5) is 0. The van der Waals surface area contributed by atoms with Crippen LogP contribution in [-0.4, -0.2) is 6.61 Å². The van der Waals surface area contributed by atoms with E-state index in [4.69, 9.17) is 4.74 Å². The molecule has 0 heterocycles. The highest BCUT2D eigenvalue weighted by molar-refractivity contribution is 5.24. The van der Waals surface area contributed by atoms with E-state index in [-0.39, 0.29) is 0 Å². The molecule has 0 aliphatic carbocycles. The minimum absolute atomic E-state index is 0.575. The number of allylic oxidation sites excluding steroid dienone is 1. The fourth-order valence-corrected chi connectivity index (χ4v) is 1.33. The minimum Gasteiger partial charge on any atom is -0.497 e. The van der Waals surface area contributed by atoms with Crippen molar-refractivity contribution in [2.24, 2.45) is 0 Å². The SMILES string of the molecule is C=CCO/C=C(\C)Cc1ccc(C)cc1. The molecule has 0 unspecified atom stereocenters. The molecule has 0 bridgehead atoms. The summed E-state index contributed by atoms with van der Waals surface area (Å²) < 4.78 is 5.26. The lowest BCUT2D eigenvalue weighted by molar-refractivity contribution is 0.286. The summed E-state index contributed by atoms with van der Waals surface area (Å²) in [5, 5.41) is 0. The molecule has 0 fully saturated rings. The summed E-state index contributed by atoms with van der Waals surface area (Å²) in [6.07, 6.45) is 4.49. The maximum absolute atomic E-state index is 5.26. The molecule has 0 saturated carbocycles. The van der Waals surface area contributed by atoms with Crippen LogP contribution in [0.5, 0.6) is 0 Å². The molecule has 0 aromatic heterocycles. The number of hydrogen-bond donors (Lipinski definition) is 0. The van der Waals surface area contributed by atoms with Gasteiger partial charge in [-0.1, -0.05) is 42.5 Å². The van der Waals surface area contributed by atoms with Gasteiger partial charge in [-0.2, -0.15) is 0 Å². The smallest absolute Gasteiger partial charge is 0.105 e. The molecule has 0 radical (unpaired) electrons. The Morgan fingerprint density at radius 3 is 2.60 bits per heavy atom. The highest BCUT2D eigenvalue weighted by Crippen LogP contribution is 2.09. The van der Waals surface area contributed by atoms with Crippen molar-refractivity contribution in [2.75, 3.05) is 6.61 Å². The van der Waals surface area contributed by atoms with Gasteiger partial charge in [0.1, 0.15) is 6.61 Å². The topological polar surface area (TPSA) is 9.23 Å². The van der Waals surface area contributed by atoms with Crippen LogP contribution < -0.4 is 0 Å². The van der Waals surface area contributed by atoms with Gasteiger partial charge in [-0.05, 0) is 31.4 Å². The van der Waals surface area contributed by atoms with E-state index in [1.54, 1.807) is 6.08 Å². The van der Waals surface area contributed by atoms with Crippen LogP contribution in [0.25, 0.3) is 0 Å². The average molecular weight is 202 g/mol. The highest BCUT2D eigenvalue weighted by Gasteiger charge is 1.94. The van der Waals surface area contributed by atoms with E-state index in [9.17, 15) is 0 Å². The van der Waals surface area contributed by atoms with Crippen molar-refractivity contribution >= 4 is 0 Å². The molecule has 0 amide bonds. The Balaban J connectivity index is 2.50. The van der Waals surface area contributed by atoms with Gasteiger partial charge in [-0.15, -0.1) is 0 Å². The van der Waals surface area contributed by atoms with Crippen LogP contribution in [0.2, 0.25) is 0 Å². The van der Waals surface area contributed by atoms with E-state index in [1.807, 2.05) is 6.26 Å². The summed E-state index contributed by atoms with van der Waals surface area (Å²) in [5.74, 6) is 0. The molecule has 1 heteroatoms. The highest BCUT2D eigenvalue weighted by atomic mass is 16.5. The molecule has 0 aliphatic heterocycles. The largest absolute Gasteiger partial charge is 0.497 e. The van der Waals surface area contributed by atoms with Gasteiger partial charge in [-0.25, -0.2) is 0 Å². The lowest BCUT2D eigenvalue weighted by Gasteiger charge is -2.03. The first-order valence-electron chi connectivity index (χ1n) is 5.16. The summed E-state index contributed by atoms with van der Waals surface area (Å²) in [6.45, 7) is 8.34. The van der Waals surface area contributed by atoms with Gasteiger partial charge < -0.3 is 4.74 Å². The first kappa shape index (κ1) is 11.6. The second kappa shape index (κ2) is 6.07. The predicted molar refractivity (Wildman–Crippen MR) is 64.8 cm³/mol. The van der Waals surface area contributed by atoms with E-state index in [0.29, 0.717) is 6.61 Å². The average Bonchev–Trinajstić information content (AvgIpc) is 2.22. The second-order valence-corrected chi connectivity index (χ2v) is 3.75. The number of aryl methyl sites for hydroxylation is 1. The Morgan fingerprint density at radius 2 is 2.00 bits per heavy atom. The van der Waals surface area contributed by atoms with Gasteiger partial charge >= 0.3 is 0 Å². The van der Waals surface area contributed by atoms with Gasteiger partial charge in [0.25, 0.3) is 0 Å². The summed E-state index contributed by atoms with van der Waals surface area (Å²) in [5.41, 5.74) is 3.83. The Labute approximate surface area is 92.1 Å². The maximum atomic E-state index is 5.26. The van der Waals surface area contributed by atoms with Crippen LogP contribution in [-0.2, 0) is 11.2 Å². The van der Waals surface area contributed by atoms with Crippen LogP contribution in [0.3, 0.4) is 0 Å². The Bertz CT molecular complexity index is 333. The Hall–Kier alpha value is -1.50. The molecule has 0 atom stereocenters. The second-order valence-electron chi connectivity index (χ2n) is 3.75. The monoisotopic (exact) mass is 202 g/mol. The first-order valence-corrected chi connectivity index (χ1v) is 5.16. The maximum Gasteiger partial charge on any atom is 0.105 e. The van der Waals surface area contributed by atoms with Crippen molar-refractivity contribution in [1.82, 2.24) is 0 Å². The molecule has 0 aliphatic rings. The van der Waals surface area contributed by atoms with Crippen molar-refractivity contribution in [1.29, 1.82) is 0 Å². The van der Waals surface area contributed by atoms with Gasteiger partial charge in [0.2, 0.25) is 0 Å². The molecule has 1 nitrogen and oxygen atoms in total. The third-order valence-corrected chi connectivity index (χ3v) is 2.10. The molecule has 1 aromatic rings. The van der Waals surface area contributed by atoms with E-state index in [0.717, 1.165) is 6.42 Å². The summed E-state index contributed by atoms with van der Waals surface area (Å²) in [7, 11) is 0. The first-order chi connectivity index (χ1) is 7.22. The van der Waals surface area contributed by atoms with Crippen molar-refractivity contribution in [2.45, 2.75) is 20.3 Å². The fraction of sp³-hybridized carbons (Fsp3) is 0.286. The molecule has 15 heavy (non-hydrogen) atoms. The predicted octanol–water partition coefficient (Wildman–Crippen LogP) is 3.64. The fourth-order valence-electron chi connectivity index (χ4n) is 1.33. The van der Waals surface area contributed by atoms with Crippen LogP contribution in [0.15, 0.2) is 48.8 Å². The Morgan fingerprint density at radius 1 is 1.33 bits per heavy atom. The molecular formula is C14H18O. The minimum atomic E-state index is 0.575. The van der Waals surface area contributed by atoms with E-state index in [1.165, 1.54) is 16.7 Å². The molecule has 1 aromatic carbocycles. The molecule has 1 rings (SSSR count). The van der Waals surface area contributed by atoms with Crippen molar-refractivity contribution in [3.05, 3.63) is 59.9 Å². The third-order valence-electron chi connectivity index (χ3n) is 2.10. The standard InChI is InChI=1S/C14H18O/c1-4-9-15-11-13(3)10-14-7-5-12(2)6-8-14/h4-8,11H,1,9-10H2,2-3H3/b13-11+. The lowest BCUT2D eigenvalue weighted by Crippen LogP contribution is -1.89. The molecular weight excluding hydrogens is 184 g/mol. The van der Waals surface area contributed by atoms with E-state index < -0.39 is 0 Å². The van der Waals surface area contributed by atoms with E-state index >= 15 is 0 Å². The van der Waals surface area contributed by atoms with Crippen LogP contribution in [0, 0.1) is 6.92 Å². The number of rotatable bonds is 5. The van der Waals surface area contributed by atoms with Crippen LogP contribution >= 0.6 is 0 Å². The molecule has 0 saturated heterocycles. The zero-order valence-electron chi connectivity index (χ0n) is 9.49. The van der Waals surface area contributed by atoms with Crippen molar-refractivity contribution in [3.63, 3.8) is 0 Å². The molecule has 80 valence electrons. The number of benzene rings is 1. The quantitative estimate of drug-likeness (QED) is 0.402. The van der Waals surface area contributed by atoms with E-state index in [2.05, 4.69) is 44.7 Å². The van der Waals surface area contributed by atoms with Gasteiger partial charge in [0.05, 0.1) is 6.26 Å². The zero-order chi connectivity index (χ0) is 11.1. The van der Waals surface area contributed by atoms with Crippen LogP contribution in [0.1, 0.15) is 18.1 Å². The summed E-state index contributed by atoms with van der Waals surface area (Å²) >= 11 is 0. The molecule has 0 spiro atoms. The molecule has 0 N–H and O–H groups in total. The summed E-state index contributed by atoms with van der Waals surface area (Å²) in [6, 6.07) is 8.57. The van der Waals surface area contributed by atoms with Gasteiger partial charge in [-0.3, -0.25) is 0 Å². The van der Waals surface area contributed by atoms with Crippen molar-refractivity contribution < 1.29 is 4.74 Å². The zero-order valence-corrected chi connectivity index (χ0v) is 9.49. The van der Waals surface area contributed by atoms with Gasteiger partial charge in [0.15, 0.2) is 0 Å². The van der Waals surface area contributed by atoms with Crippen molar-refractivity contribution in [3.8, 4) is 0 Å². The Kier molecular flexibility index (Phi) is 4.69. The number of hydrogen-bond acceptors (Lipinski definition) is 1. The number of ether oxygens (including phenoxy) is 1. The van der Waals surface area contributed by atoms with Gasteiger partial charge in [0, 0.05) is 0 Å². The normalized spacial score (nSPS) is 11.2. The lowest BCUT2D eigenvalue weighted by atomic mass is 10.1. The van der Waals surface area contributed by atoms with Crippen LogP contribution in [0.4, 0.5) is 0 Å². The third kappa shape index (κ3) is 4.50.